The van der Waals surface area contributed by atoms with Crippen LogP contribution in [0.4, 0.5) is 0 Å². The zero-order valence-corrected chi connectivity index (χ0v) is 16.3. The maximum absolute atomic E-state index is 10.2. The van der Waals surface area contributed by atoms with Crippen LogP contribution in [0.2, 0.25) is 0 Å². The fourth-order valence-electron chi connectivity index (χ4n) is 2.85. The first-order valence-corrected chi connectivity index (χ1v) is 9.70. The molecule has 0 bridgehead atoms. The molecule has 4 aromatic rings. The van der Waals surface area contributed by atoms with Gasteiger partial charge in [-0.1, -0.05) is 18.2 Å². The van der Waals surface area contributed by atoms with E-state index in [0.717, 1.165) is 21.5 Å². The number of furan rings is 1. The van der Waals surface area contributed by atoms with E-state index < -0.39 is 0 Å². The summed E-state index contributed by atoms with van der Waals surface area (Å²) in [7, 11) is 1.72. The molecule has 0 saturated heterocycles. The molecule has 6 nitrogen and oxygen atoms in total. The van der Waals surface area contributed by atoms with Crippen LogP contribution in [0.15, 0.2) is 68.4 Å². The molecule has 0 aliphatic heterocycles. The second kappa shape index (κ2) is 7.74. The van der Waals surface area contributed by atoms with Gasteiger partial charge in [0.25, 0.3) is 0 Å². The quantitative estimate of drug-likeness (QED) is 0.508. The van der Waals surface area contributed by atoms with Gasteiger partial charge in [0, 0.05) is 29.4 Å². The van der Waals surface area contributed by atoms with Crippen molar-refractivity contribution in [2.75, 3.05) is 13.7 Å². The molecule has 0 aliphatic carbocycles. The maximum Gasteiger partial charge on any atom is 0.206 e. The van der Waals surface area contributed by atoms with Crippen LogP contribution in [-0.2, 0) is 0 Å². The Balaban J connectivity index is 1.74. The van der Waals surface area contributed by atoms with Gasteiger partial charge in [-0.3, -0.25) is 4.99 Å². The van der Waals surface area contributed by atoms with E-state index in [2.05, 4.69) is 10.1 Å². The van der Waals surface area contributed by atoms with Gasteiger partial charge in [-0.05, 0) is 31.2 Å². The Labute approximate surface area is 165 Å². The van der Waals surface area contributed by atoms with Crippen LogP contribution < -0.4 is 9.54 Å². The average molecular weight is 393 g/mol. The molecule has 0 aliphatic rings. The van der Waals surface area contributed by atoms with Gasteiger partial charge >= 0.3 is 0 Å². The molecular weight excluding hydrogens is 374 g/mol. The lowest BCUT2D eigenvalue weighted by Gasteiger charge is -2.05. The fraction of sp³-hybridized carbons (Fsp3) is 0.143. The van der Waals surface area contributed by atoms with Crippen molar-refractivity contribution in [1.29, 1.82) is 0 Å². The molecule has 0 fully saturated rings. The fourth-order valence-corrected chi connectivity index (χ4v) is 3.63. The Kier molecular flexibility index (Phi) is 4.99. The average Bonchev–Trinajstić information content (AvgIpc) is 3.31. The number of aromatic hydroxyl groups is 1. The highest BCUT2D eigenvalue weighted by atomic mass is 32.1. The molecular formula is C21H19N3O3S. The summed E-state index contributed by atoms with van der Waals surface area (Å²) in [5.41, 5.74) is 2.20. The van der Waals surface area contributed by atoms with Crippen molar-refractivity contribution in [1.82, 2.24) is 4.68 Å². The summed E-state index contributed by atoms with van der Waals surface area (Å²) in [6, 6.07) is 15.0. The summed E-state index contributed by atoms with van der Waals surface area (Å²) in [5, 5.41) is 17.8. The normalized spacial score (nSPS) is 12.3. The standard InChI is InChI=1S/C21H19N3O3S/c1-3-26-16-9-8-15(18(25)11-16)12-23-24-17(13-28-21(24)22-2)20-10-14-6-4-5-7-19(14)27-20/h4-13,25H,3H2,1-2H3. The summed E-state index contributed by atoms with van der Waals surface area (Å²) < 4.78 is 13.1. The highest BCUT2D eigenvalue weighted by Gasteiger charge is 2.12. The highest BCUT2D eigenvalue weighted by molar-refractivity contribution is 7.07. The Morgan fingerprint density at radius 1 is 1.21 bits per heavy atom. The van der Waals surface area contributed by atoms with Crippen molar-refractivity contribution in [2.24, 2.45) is 10.1 Å². The molecule has 7 heteroatoms. The van der Waals surface area contributed by atoms with Crippen molar-refractivity contribution in [3.05, 3.63) is 64.3 Å². The van der Waals surface area contributed by atoms with Gasteiger partial charge in [-0.2, -0.15) is 5.10 Å². The topological polar surface area (TPSA) is 72.2 Å². The molecule has 4 rings (SSSR count). The number of rotatable bonds is 5. The van der Waals surface area contributed by atoms with E-state index in [1.807, 2.05) is 42.6 Å². The highest BCUT2D eigenvalue weighted by Crippen LogP contribution is 2.28. The smallest absolute Gasteiger partial charge is 0.206 e. The van der Waals surface area contributed by atoms with Gasteiger partial charge in [0.15, 0.2) is 5.76 Å². The zero-order valence-electron chi connectivity index (χ0n) is 15.5. The Morgan fingerprint density at radius 2 is 2.07 bits per heavy atom. The molecule has 142 valence electrons. The predicted octanol–water partition coefficient (Wildman–Crippen LogP) is 4.48. The van der Waals surface area contributed by atoms with Crippen molar-refractivity contribution in [2.45, 2.75) is 6.92 Å². The minimum Gasteiger partial charge on any atom is -0.507 e. The number of thiazole rings is 1. The number of phenols is 1. The largest absolute Gasteiger partial charge is 0.507 e. The van der Waals surface area contributed by atoms with E-state index in [1.165, 1.54) is 11.3 Å². The molecule has 0 saturated carbocycles. The summed E-state index contributed by atoms with van der Waals surface area (Å²) in [4.78, 5) is 5.01. The second-order valence-corrected chi connectivity index (χ2v) is 6.82. The summed E-state index contributed by atoms with van der Waals surface area (Å²) >= 11 is 1.47. The van der Waals surface area contributed by atoms with Gasteiger partial charge < -0.3 is 14.3 Å². The lowest BCUT2D eigenvalue weighted by Crippen LogP contribution is -2.11. The Bertz CT molecular complexity index is 1180. The van der Waals surface area contributed by atoms with E-state index in [0.29, 0.717) is 23.7 Å². The third-order valence-electron chi connectivity index (χ3n) is 4.18. The lowest BCUT2D eigenvalue weighted by molar-refractivity contribution is 0.337. The number of ether oxygens (including phenoxy) is 1. The van der Waals surface area contributed by atoms with Gasteiger partial charge in [0.1, 0.15) is 22.8 Å². The van der Waals surface area contributed by atoms with E-state index >= 15 is 0 Å². The first-order valence-electron chi connectivity index (χ1n) is 8.82. The van der Waals surface area contributed by atoms with Gasteiger partial charge in [0.2, 0.25) is 4.80 Å². The third-order valence-corrected chi connectivity index (χ3v) is 5.09. The van der Waals surface area contributed by atoms with Crippen molar-refractivity contribution >= 4 is 28.5 Å². The van der Waals surface area contributed by atoms with Crippen molar-refractivity contribution < 1.29 is 14.3 Å². The third kappa shape index (κ3) is 3.44. The van der Waals surface area contributed by atoms with E-state index in [-0.39, 0.29) is 5.75 Å². The van der Waals surface area contributed by atoms with E-state index in [1.54, 1.807) is 36.1 Å². The number of hydrogen-bond acceptors (Lipinski definition) is 6. The zero-order chi connectivity index (χ0) is 19.5. The van der Waals surface area contributed by atoms with Crippen LogP contribution in [0.5, 0.6) is 11.5 Å². The maximum atomic E-state index is 10.2. The monoisotopic (exact) mass is 393 g/mol. The summed E-state index contributed by atoms with van der Waals surface area (Å²) in [5.74, 6) is 1.43. The Morgan fingerprint density at radius 3 is 2.82 bits per heavy atom. The van der Waals surface area contributed by atoms with E-state index in [4.69, 9.17) is 9.15 Å². The predicted molar refractivity (Wildman–Crippen MR) is 111 cm³/mol. The number of para-hydroxylation sites is 1. The molecule has 0 spiro atoms. The van der Waals surface area contributed by atoms with Crippen LogP contribution in [0.3, 0.4) is 0 Å². The number of phenolic OH excluding ortho intramolecular Hbond substituents is 1. The Hall–Kier alpha value is -3.32. The van der Waals surface area contributed by atoms with Gasteiger partial charge in [-0.25, -0.2) is 4.68 Å². The lowest BCUT2D eigenvalue weighted by atomic mass is 10.2. The molecule has 2 heterocycles. The van der Waals surface area contributed by atoms with Crippen LogP contribution in [0.25, 0.3) is 22.4 Å². The van der Waals surface area contributed by atoms with Crippen molar-refractivity contribution in [3.63, 3.8) is 0 Å². The van der Waals surface area contributed by atoms with E-state index in [9.17, 15) is 5.11 Å². The number of aromatic nitrogens is 1. The van der Waals surface area contributed by atoms with Crippen LogP contribution >= 0.6 is 11.3 Å². The van der Waals surface area contributed by atoms with Crippen LogP contribution in [0.1, 0.15) is 12.5 Å². The van der Waals surface area contributed by atoms with Gasteiger partial charge in [0.05, 0.1) is 12.8 Å². The van der Waals surface area contributed by atoms with Crippen molar-refractivity contribution in [3.8, 4) is 23.0 Å². The van der Waals surface area contributed by atoms with Crippen LogP contribution in [-0.4, -0.2) is 29.7 Å². The first-order chi connectivity index (χ1) is 13.7. The van der Waals surface area contributed by atoms with Gasteiger partial charge in [-0.15, -0.1) is 11.3 Å². The molecule has 0 atom stereocenters. The SMILES string of the molecule is CCOc1ccc(C=Nn2c(-c3cc4ccccc4o3)csc2=NC)c(O)c1. The number of hydrogen-bond donors (Lipinski definition) is 1. The minimum atomic E-state index is 0.103. The van der Waals surface area contributed by atoms with Crippen LogP contribution in [0, 0.1) is 0 Å². The summed E-state index contributed by atoms with van der Waals surface area (Å²) in [6.07, 6.45) is 1.60. The molecule has 2 aromatic carbocycles. The number of nitrogens with zero attached hydrogens (tertiary/aromatic N) is 3. The summed E-state index contributed by atoms with van der Waals surface area (Å²) in [6.45, 7) is 2.44. The number of benzene rings is 2. The number of fused-ring (bicyclic) bond motifs is 1. The first kappa shape index (κ1) is 18.1. The molecule has 0 radical (unpaired) electrons. The minimum absolute atomic E-state index is 0.103. The molecule has 28 heavy (non-hydrogen) atoms. The molecule has 1 N–H and O–H groups in total. The molecule has 0 unspecified atom stereocenters. The second-order valence-electron chi connectivity index (χ2n) is 5.99. The molecule has 0 amide bonds. The molecule has 2 aromatic heterocycles.